The van der Waals surface area contributed by atoms with Crippen molar-refractivity contribution in [1.29, 1.82) is 0 Å². The number of ether oxygens (including phenoxy) is 1. The lowest BCUT2D eigenvalue weighted by molar-refractivity contribution is 0.370. The molecule has 1 fully saturated rings. The van der Waals surface area contributed by atoms with Gasteiger partial charge in [-0.1, -0.05) is 12.1 Å². The maximum Gasteiger partial charge on any atom is 0.227 e. The average molecular weight is 350 g/mol. The highest BCUT2D eigenvalue weighted by Crippen LogP contribution is 2.28. The summed E-state index contributed by atoms with van der Waals surface area (Å²) in [4.78, 5) is 13.5. The largest absolute Gasteiger partial charge is 0.495 e. The monoisotopic (exact) mass is 350 g/mol. The standard InChI is InChI=1S/C19H22N6O/c1-26-17-5-3-2-4-15(17)23-19-22-11-8-16(24-19)18-21-12-13-25(18)14-6-9-20-10-7-14/h2-5,8,11-14,20H,6-7,9-10H2,1H3,(H,22,23,24). The first-order chi connectivity index (χ1) is 12.8. The van der Waals surface area contributed by atoms with Crippen molar-refractivity contribution >= 4 is 11.6 Å². The molecule has 0 radical (unpaired) electrons. The highest BCUT2D eigenvalue weighted by molar-refractivity contribution is 5.63. The van der Waals surface area contributed by atoms with E-state index in [4.69, 9.17) is 4.74 Å². The summed E-state index contributed by atoms with van der Waals surface area (Å²) in [6.45, 7) is 2.07. The number of rotatable bonds is 5. The van der Waals surface area contributed by atoms with Gasteiger partial charge in [0.25, 0.3) is 0 Å². The van der Waals surface area contributed by atoms with Crippen molar-refractivity contribution in [3.05, 3.63) is 48.9 Å². The molecule has 4 rings (SSSR count). The fraction of sp³-hybridized carbons (Fsp3) is 0.316. The van der Waals surface area contributed by atoms with E-state index in [-0.39, 0.29) is 0 Å². The Morgan fingerprint density at radius 3 is 2.81 bits per heavy atom. The molecule has 1 saturated heterocycles. The van der Waals surface area contributed by atoms with Gasteiger partial charge in [0.2, 0.25) is 5.95 Å². The lowest BCUT2D eigenvalue weighted by Crippen LogP contribution is -2.29. The van der Waals surface area contributed by atoms with Crippen LogP contribution in [0.15, 0.2) is 48.9 Å². The summed E-state index contributed by atoms with van der Waals surface area (Å²) in [5.41, 5.74) is 1.63. The molecule has 0 aliphatic carbocycles. The van der Waals surface area contributed by atoms with Crippen molar-refractivity contribution in [3.63, 3.8) is 0 Å². The Morgan fingerprint density at radius 2 is 1.96 bits per heavy atom. The minimum absolute atomic E-state index is 0.453. The molecule has 26 heavy (non-hydrogen) atoms. The average Bonchev–Trinajstić information content (AvgIpc) is 3.19. The summed E-state index contributed by atoms with van der Waals surface area (Å²) in [5.74, 6) is 2.15. The lowest BCUT2D eigenvalue weighted by atomic mass is 10.1. The van der Waals surface area contributed by atoms with Crippen molar-refractivity contribution in [2.24, 2.45) is 0 Å². The van der Waals surface area contributed by atoms with Crippen LogP contribution in [0.5, 0.6) is 5.75 Å². The van der Waals surface area contributed by atoms with Gasteiger partial charge in [0.1, 0.15) is 11.4 Å². The van der Waals surface area contributed by atoms with Crippen LogP contribution in [0.1, 0.15) is 18.9 Å². The number of benzene rings is 1. The number of hydrogen-bond acceptors (Lipinski definition) is 6. The van der Waals surface area contributed by atoms with E-state index < -0.39 is 0 Å². The molecule has 0 spiro atoms. The maximum atomic E-state index is 5.38. The highest BCUT2D eigenvalue weighted by Gasteiger charge is 2.19. The summed E-state index contributed by atoms with van der Waals surface area (Å²) in [5, 5.41) is 6.63. The smallest absolute Gasteiger partial charge is 0.227 e. The first-order valence-electron chi connectivity index (χ1n) is 8.82. The summed E-state index contributed by atoms with van der Waals surface area (Å²) in [6.07, 6.45) is 7.83. The van der Waals surface area contributed by atoms with E-state index in [9.17, 15) is 0 Å². The number of aromatic nitrogens is 4. The van der Waals surface area contributed by atoms with Crippen molar-refractivity contribution in [2.75, 3.05) is 25.5 Å². The summed E-state index contributed by atoms with van der Waals surface area (Å²) in [6, 6.07) is 10.1. The van der Waals surface area contributed by atoms with Gasteiger partial charge in [0.05, 0.1) is 12.8 Å². The molecule has 0 saturated carbocycles. The maximum absolute atomic E-state index is 5.38. The molecule has 1 aromatic carbocycles. The molecule has 134 valence electrons. The summed E-state index contributed by atoms with van der Waals surface area (Å²) < 4.78 is 7.61. The van der Waals surface area contributed by atoms with Crippen LogP contribution >= 0.6 is 0 Å². The number of anilines is 2. The summed E-state index contributed by atoms with van der Waals surface area (Å²) >= 11 is 0. The fourth-order valence-corrected chi connectivity index (χ4v) is 3.30. The van der Waals surface area contributed by atoms with Crippen LogP contribution in [0.2, 0.25) is 0 Å². The molecule has 2 N–H and O–H groups in total. The third kappa shape index (κ3) is 3.39. The topological polar surface area (TPSA) is 76.9 Å². The molecule has 7 heteroatoms. The quantitative estimate of drug-likeness (QED) is 0.737. The Morgan fingerprint density at radius 1 is 1.12 bits per heavy atom. The van der Waals surface area contributed by atoms with E-state index in [1.165, 1.54) is 0 Å². The van der Waals surface area contributed by atoms with Crippen molar-refractivity contribution in [2.45, 2.75) is 18.9 Å². The number of imidazole rings is 1. The van der Waals surface area contributed by atoms with E-state index in [2.05, 4.69) is 30.2 Å². The molecule has 2 aromatic heterocycles. The van der Waals surface area contributed by atoms with Crippen molar-refractivity contribution in [1.82, 2.24) is 24.8 Å². The van der Waals surface area contributed by atoms with Crippen LogP contribution in [0, 0.1) is 0 Å². The molecular formula is C19H22N6O. The highest BCUT2D eigenvalue weighted by atomic mass is 16.5. The number of nitrogens with zero attached hydrogens (tertiary/aromatic N) is 4. The number of para-hydroxylation sites is 2. The fourth-order valence-electron chi connectivity index (χ4n) is 3.30. The van der Waals surface area contributed by atoms with Gasteiger partial charge in [-0.05, 0) is 44.1 Å². The number of piperidine rings is 1. The lowest BCUT2D eigenvalue weighted by Gasteiger charge is -2.25. The predicted molar refractivity (Wildman–Crippen MR) is 101 cm³/mol. The molecule has 1 aliphatic heterocycles. The van der Waals surface area contributed by atoms with Crippen LogP contribution < -0.4 is 15.4 Å². The van der Waals surface area contributed by atoms with Gasteiger partial charge in [-0.15, -0.1) is 0 Å². The van der Waals surface area contributed by atoms with E-state index in [1.807, 2.05) is 42.7 Å². The Labute approximate surface area is 152 Å². The van der Waals surface area contributed by atoms with Gasteiger partial charge in [-0.3, -0.25) is 0 Å². The van der Waals surface area contributed by atoms with Gasteiger partial charge >= 0.3 is 0 Å². The molecule has 0 bridgehead atoms. The second kappa shape index (κ2) is 7.53. The van der Waals surface area contributed by atoms with E-state index in [0.29, 0.717) is 12.0 Å². The van der Waals surface area contributed by atoms with E-state index >= 15 is 0 Å². The van der Waals surface area contributed by atoms with Gasteiger partial charge < -0.3 is 19.9 Å². The Balaban J connectivity index is 1.61. The van der Waals surface area contributed by atoms with Crippen molar-refractivity contribution in [3.8, 4) is 17.3 Å². The molecule has 0 unspecified atom stereocenters. The zero-order valence-corrected chi connectivity index (χ0v) is 14.7. The molecular weight excluding hydrogens is 328 g/mol. The molecule has 7 nitrogen and oxygen atoms in total. The molecule has 3 heterocycles. The van der Waals surface area contributed by atoms with Crippen LogP contribution in [-0.4, -0.2) is 39.7 Å². The number of hydrogen-bond donors (Lipinski definition) is 2. The number of nitrogens with one attached hydrogen (secondary N) is 2. The van der Waals surface area contributed by atoms with Gasteiger partial charge in [0.15, 0.2) is 5.82 Å². The first kappa shape index (κ1) is 16.5. The van der Waals surface area contributed by atoms with Crippen LogP contribution in [0.4, 0.5) is 11.6 Å². The molecule has 3 aromatic rings. The second-order valence-electron chi connectivity index (χ2n) is 6.23. The third-order valence-electron chi connectivity index (χ3n) is 4.61. The molecule has 0 atom stereocenters. The Bertz CT molecular complexity index is 872. The zero-order chi connectivity index (χ0) is 17.8. The normalized spacial score (nSPS) is 15.0. The Hall–Kier alpha value is -2.93. The van der Waals surface area contributed by atoms with Crippen LogP contribution in [-0.2, 0) is 0 Å². The van der Waals surface area contributed by atoms with Crippen molar-refractivity contribution < 1.29 is 4.74 Å². The van der Waals surface area contributed by atoms with Crippen LogP contribution in [0.25, 0.3) is 11.5 Å². The SMILES string of the molecule is COc1ccccc1Nc1nccc(-c2nccn2C2CCNCC2)n1. The zero-order valence-electron chi connectivity index (χ0n) is 14.7. The minimum Gasteiger partial charge on any atom is -0.495 e. The van der Waals surface area contributed by atoms with E-state index in [1.54, 1.807) is 13.3 Å². The summed E-state index contributed by atoms with van der Waals surface area (Å²) in [7, 11) is 1.65. The van der Waals surface area contributed by atoms with Crippen LogP contribution in [0.3, 0.4) is 0 Å². The number of methoxy groups -OCH3 is 1. The van der Waals surface area contributed by atoms with Gasteiger partial charge in [-0.2, -0.15) is 0 Å². The molecule has 0 amide bonds. The second-order valence-corrected chi connectivity index (χ2v) is 6.23. The minimum atomic E-state index is 0.453. The van der Waals surface area contributed by atoms with Gasteiger partial charge in [-0.25, -0.2) is 15.0 Å². The van der Waals surface area contributed by atoms with E-state index in [0.717, 1.165) is 48.9 Å². The predicted octanol–water partition coefficient (Wildman–Crippen LogP) is 3.02. The third-order valence-corrected chi connectivity index (χ3v) is 4.61. The van der Waals surface area contributed by atoms with Gasteiger partial charge in [0, 0.05) is 24.6 Å². The first-order valence-corrected chi connectivity index (χ1v) is 8.82. The Kier molecular flexibility index (Phi) is 4.79. The molecule has 1 aliphatic rings.